The lowest BCUT2D eigenvalue weighted by molar-refractivity contribution is 0.506. The van der Waals surface area contributed by atoms with E-state index < -0.39 is 0 Å². The Bertz CT molecular complexity index is 490. The summed E-state index contributed by atoms with van der Waals surface area (Å²) >= 11 is 0. The number of para-hydroxylation sites is 1. The molecule has 2 aromatic rings. The van der Waals surface area contributed by atoms with Gasteiger partial charge >= 0.3 is 0 Å². The molecule has 0 aliphatic heterocycles. The minimum Gasteiger partial charge on any atom is -0.459 e. The fourth-order valence-electron chi connectivity index (χ4n) is 2.30. The van der Waals surface area contributed by atoms with Crippen molar-refractivity contribution in [3.05, 3.63) is 29.5 Å². The average molecular weight is 224 g/mol. The van der Waals surface area contributed by atoms with E-state index in [-0.39, 0.29) is 12.4 Å². The molecule has 1 heterocycles. The second-order valence-electron chi connectivity index (χ2n) is 3.93. The fourth-order valence-corrected chi connectivity index (χ4v) is 2.30. The van der Waals surface area contributed by atoms with Crippen molar-refractivity contribution >= 4 is 29.1 Å². The van der Waals surface area contributed by atoms with E-state index in [2.05, 4.69) is 6.07 Å². The molecule has 2 N–H and O–H groups in total. The molecule has 2 nitrogen and oxygen atoms in total. The highest BCUT2D eigenvalue weighted by Gasteiger charge is 2.18. The first-order chi connectivity index (χ1) is 6.86. The topological polar surface area (TPSA) is 39.2 Å². The van der Waals surface area contributed by atoms with Crippen LogP contribution in [0.15, 0.2) is 22.6 Å². The van der Waals surface area contributed by atoms with E-state index in [0.717, 1.165) is 29.9 Å². The standard InChI is InChI=1S/C12H13NO.ClH/c13-10-6-3-5-9-8-4-1-2-7-11(8)14-12(9)10;/h3,5-6H,1-2,4,7,13H2;1H. The van der Waals surface area contributed by atoms with Crippen molar-refractivity contribution < 1.29 is 4.42 Å². The molecule has 0 radical (unpaired) electrons. The van der Waals surface area contributed by atoms with Gasteiger partial charge in [0.2, 0.25) is 0 Å². The minimum atomic E-state index is 0. The largest absolute Gasteiger partial charge is 0.459 e. The first kappa shape index (κ1) is 10.4. The fraction of sp³-hybridized carbons (Fsp3) is 0.333. The number of nitrogen functional groups attached to an aromatic ring is 1. The van der Waals surface area contributed by atoms with Gasteiger partial charge in [-0.3, -0.25) is 0 Å². The molecule has 0 saturated heterocycles. The number of aryl methyl sites for hydroxylation is 2. The Balaban J connectivity index is 0.000000853. The molecule has 3 rings (SSSR count). The quantitative estimate of drug-likeness (QED) is 0.696. The smallest absolute Gasteiger partial charge is 0.157 e. The third-order valence-electron chi connectivity index (χ3n) is 3.01. The zero-order chi connectivity index (χ0) is 9.54. The second kappa shape index (κ2) is 3.78. The summed E-state index contributed by atoms with van der Waals surface area (Å²) < 4.78 is 5.80. The van der Waals surface area contributed by atoms with Crippen LogP contribution < -0.4 is 5.73 Å². The van der Waals surface area contributed by atoms with Crippen LogP contribution in [-0.4, -0.2) is 0 Å². The Morgan fingerprint density at radius 2 is 1.93 bits per heavy atom. The highest BCUT2D eigenvalue weighted by atomic mass is 35.5. The summed E-state index contributed by atoms with van der Waals surface area (Å²) in [5.41, 5.74) is 8.91. The van der Waals surface area contributed by atoms with Crippen LogP contribution in [-0.2, 0) is 12.8 Å². The maximum Gasteiger partial charge on any atom is 0.157 e. The molecule has 1 aliphatic carbocycles. The van der Waals surface area contributed by atoms with E-state index in [4.69, 9.17) is 10.2 Å². The molecule has 0 spiro atoms. The monoisotopic (exact) mass is 223 g/mol. The van der Waals surface area contributed by atoms with Crippen LogP contribution in [0, 0.1) is 0 Å². The van der Waals surface area contributed by atoms with Gasteiger partial charge in [-0.2, -0.15) is 0 Å². The summed E-state index contributed by atoms with van der Waals surface area (Å²) in [6.07, 6.45) is 4.73. The van der Waals surface area contributed by atoms with Gasteiger partial charge in [-0.05, 0) is 25.3 Å². The van der Waals surface area contributed by atoms with Gasteiger partial charge in [-0.25, -0.2) is 0 Å². The highest BCUT2D eigenvalue weighted by Crippen LogP contribution is 2.34. The number of anilines is 1. The number of fused-ring (bicyclic) bond motifs is 3. The van der Waals surface area contributed by atoms with Gasteiger partial charge in [0.25, 0.3) is 0 Å². The lowest BCUT2D eigenvalue weighted by Gasteiger charge is -2.08. The molecule has 1 aliphatic rings. The Labute approximate surface area is 94.9 Å². The SMILES string of the molecule is Cl.Nc1cccc2c3c(oc12)CCCC3. The van der Waals surface area contributed by atoms with Gasteiger partial charge < -0.3 is 10.2 Å². The Morgan fingerprint density at radius 1 is 1.13 bits per heavy atom. The van der Waals surface area contributed by atoms with Crippen molar-refractivity contribution in [3.63, 3.8) is 0 Å². The van der Waals surface area contributed by atoms with Gasteiger partial charge in [-0.15, -0.1) is 12.4 Å². The van der Waals surface area contributed by atoms with Crippen LogP contribution in [0.5, 0.6) is 0 Å². The summed E-state index contributed by atoms with van der Waals surface area (Å²) in [6.45, 7) is 0. The van der Waals surface area contributed by atoms with Crippen molar-refractivity contribution in [2.75, 3.05) is 5.73 Å². The molecule has 1 aromatic heterocycles. The molecule has 0 bridgehead atoms. The summed E-state index contributed by atoms with van der Waals surface area (Å²) in [6, 6.07) is 6.01. The Hall–Kier alpha value is -1.15. The number of halogens is 1. The zero-order valence-electron chi connectivity index (χ0n) is 8.45. The molecule has 3 heteroatoms. The van der Waals surface area contributed by atoms with E-state index >= 15 is 0 Å². The summed E-state index contributed by atoms with van der Waals surface area (Å²) in [7, 11) is 0. The van der Waals surface area contributed by atoms with Crippen LogP contribution in [0.4, 0.5) is 5.69 Å². The van der Waals surface area contributed by atoms with E-state index in [1.807, 2.05) is 12.1 Å². The van der Waals surface area contributed by atoms with Crippen LogP contribution in [0.2, 0.25) is 0 Å². The Morgan fingerprint density at radius 3 is 2.80 bits per heavy atom. The molecule has 1 aromatic carbocycles. The molecule has 0 fully saturated rings. The minimum absolute atomic E-state index is 0. The average Bonchev–Trinajstić information content (AvgIpc) is 2.59. The third kappa shape index (κ3) is 1.49. The van der Waals surface area contributed by atoms with Crippen LogP contribution in [0.25, 0.3) is 11.0 Å². The van der Waals surface area contributed by atoms with Gasteiger partial charge in [0.1, 0.15) is 5.76 Å². The molecule has 0 saturated carbocycles. The van der Waals surface area contributed by atoms with E-state index in [9.17, 15) is 0 Å². The second-order valence-corrected chi connectivity index (χ2v) is 3.93. The zero-order valence-corrected chi connectivity index (χ0v) is 9.27. The van der Waals surface area contributed by atoms with Gasteiger partial charge in [-0.1, -0.05) is 12.1 Å². The van der Waals surface area contributed by atoms with Crippen molar-refractivity contribution in [1.29, 1.82) is 0 Å². The predicted octanol–water partition coefficient (Wildman–Crippen LogP) is 3.32. The number of nitrogens with two attached hydrogens (primary N) is 1. The maximum absolute atomic E-state index is 5.87. The van der Waals surface area contributed by atoms with E-state index in [0.29, 0.717) is 0 Å². The van der Waals surface area contributed by atoms with Crippen LogP contribution in [0.3, 0.4) is 0 Å². The number of benzene rings is 1. The number of rotatable bonds is 0. The lowest BCUT2D eigenvalue weighted by Crippen LogP contribution is -1.98. The van der Waals surface area contributed by atoms with E-state index in [1.54, 1.807) is 0 Å². The molecule has 0 unspecified atom stereocenters. The summed E-state index contributed by atoms with van der Waals surface area (Å²) in [4.78, 5) is 0. The summed E-state index contributed by atoms with van der Waals surface area (Å²) in [5, 5.41) is 1.22. The first-order valence-corrected chi connectivity index (χ1v) is 5.15. The third-order valence-corrected chi connectivity index (χ3v) is 3.01. The molecule has 15 heavy (non-hydrogen) atoms. The Kier molecular flexibility index (Phi) is 2.61. The predicted molar refractivity (Wildman–Crippen MR) is 64.5 cm³/mol. The number of furan rings is 1. The van der Waals surface area contributed by atoms with Gasteiger partial charge in [0, 0.05) is 17.4 Å². The molecule has 0 amide bonds. The van der Waals surface area contributed by atoms with E-state index in [1.165, 1.54) is 23.8 Å². The molecular weight excluding hydrogens is 210 g/mol. The first-order valence-electron chi connectivity index (χ1n) is 5.15. The van der Waals surface area contributed by atoms with Crippen molar-refractivity contribution in [1.82, 2.24) is 0 Å². The van der Waals surface area contributed by atoms with Crippen molar-refractivity contribution in [2.45, 2.75) is 25.7 Å². The van der Waals surface area contributed by atoms with Gasteiger partial charge in [0.05, 0.1) is 5.69 Å². The number of hydrogen-bond donors (Lipinski definition) is 1. The van der Waals surface area contributed by atoms with Crippen molar-refractivity contribution in [2.24, 2.45) is 0 Å². The highest BCUT2D eigenvalue weighted by molar-refractivity contribution is 5.91. The van der Waals surface area contributed by atoms with Crippen LogP contribution in [0.1, 0.15) is 24.2 Å². The number of hydrogen-bond acceptors (Lipinski definition) is 2. The molecule has 0 atom stereocenters. The maximum atomic E-state index is 5.87. The van der Waals surface area contributed by atoms with Crippen molar-refractivity contribution in [3.8, 4) is 0 Å². The summed E-state index contributed by atoms with van der Waals surface area (Å²) in [5.74, 6) is 1.16. The molecular formula is C12H14ClNO. The normalized spacial score (nSPS) is 14.7. The molecule has 80 valence electrons. The lowest BCUT2D eigenvalue weighted by atomic mass is 9.96. The van der Waals surface area contributed by atoms with Crippen LogP contribution >= 0.6 is 12.4 Å². The van der Waals surface area contributed by atoms with Gasteiger partial charge in [0.15, 0.2) is 5.58 Å².